The Hall–Kier alpha value is -1.27. The van der Waals surface area contributed by atoms with Gasteiger partial charge in [0.15, 0.2) is 0 Å². The average Bonchev–Trinajstić information content (AvgIpc) is 2.75. The molecule has 20 heavy (non-hydrogen) atoms. The molecule has 0 saturated carbocycles. The lowest BCUT2D eigenvalue weighted by Crippen LogP contribution is -2.32. The molecule has 0 aliphatic rings. The summed E-state index contributed by atoms with van der Waals surface area (Å²) in [5.41, 5.74) is 10.9. The minimum atomic E-state index is -0.357. The third-order valence-corrected chi connectivity index (χ3v) is 3.60. The van der Waals surface area contributed by atoms with Crippen LogP contribution in [0.2, 0.25) is 10.0 Å². The fraction of sp³-hybridized carbons (Fsp3) is 0.308. The maximum atomic E-state index is 6.25. The molecule has 0 amide bonds. The Bertz CT molecular complexity index is 609. The summed E-state index contributed by atoms with van der Waals surface area (Å²) in [6.45, 7) is 4.04. The molecule has 5 N–H and O–H groups in total. The summed E-state index contributed by atoms with van der Waals surface area (Å²) in [4.78, 5) is 0. The first-order chi connectivity index (χ1) is 9.45. The standard InChI is InChI=1S/C13H17Cl2N5/c1-7(2)20-13(10(15)6-18-20)12(19-17)9-4-3-8(14)5-11(9)16/h3-7,12,19H,16-17H2,1-2H3. The molecule has 1 heterocycles. The summed E-state index contributed by atoms with van der Waals surface area (Å²) in [7, 11) is 0. The van der Waals surface area contributed by atoms with Crippen LogP contribution in [0.25, 0.3) is 0 Å². The van der Waals surface area contributed by atoms with E-state index < -0.39 is 0 Å². The van der Waals surface area contributed by atoms with Gasteiger partial charge in [-0.3, -0.25) is 10.5 Å². The molecule has 0 fully saturated rings. The summed E-state index contributed by atoms with van der Waals surface area (Å²) < 4.78 is 1.82. The zero-order valence-corrected chi connectivity index (χ0v) is 12.8. The molecular formula is C13H17Cl2N5. The lowest BCUT2D eigenvalue weighted by atomic mass is 10.0. The van der Waals surface area contributed by atoms with Gasteiger partial charge in [0.25, 0.3) is 0 Å². The van der Waals surface area contributed by atoms with Crippen molar-refractivity contribution >= 4 is 28.9 Å². The van der Waals surface area contributed by atoms with Crippen molar-refractivity contribution in [2.45, 2.75) is 25.9 Å². The van der Waals surface area contributed by atoms with Gasteiger partial charge in [-0.05, 0) is 31.5 Å². The van der Waals surface area contributed by atoms with Crippen LogP contribution in [0, 0.1) is 0 Å². The number of hydrogen-bond acceptors (Lipinski definition) is 4. The summed E-state index contributed by atoms with van der Waals surface area (Å²) in [5, 5.41) is 5.39. The minimum absolute atomic E-state index is 0.155. The van der Waals surface area contributed by atoms with Gasteiger partial charge >= 0.3 is 0 Å². The predicted octanol–water partition coefficient (Wildman–Crippen LogP) is 2.91. The quantitative estimate of drug-likeness (QED) is 0.460. The maximum absolute atomic E-state index is 6.25. The molecule has 7 heteroatoms. The Morgan fingerprint density at radius 3 is 2.55 bits per heavy atom. The number of hydrogen-bond donors (Lipinski definition) is 3. The van der Waals surface area contributed by atoms with Crippen LogP contribution in [0.5, 0.6) is 0 Å². The van der Waals surface area contributed by atoms with E-state index in [-0.39, 0.29) is 12.1 Å². The zero-order valence-electron chi connectivity index (χ0n) is 11.3. The number of rotatable bonds is 4. The Balaban J connectivity index is 2.55. The second kappa shape index (κ2) is 6.01. The first-order valence-corrected chi connectivity index (χ1v) is 6.95. The molecule has 1 unspecified atom stereocenters. The normalized spacial score (nSPS) is 12.9. The number of benzene rings is 1. The molecule has 5 nitrogen and oxygen atoms in total. The van der Waals surface area contributed by atoms with Crippen molar-refractivity contribution in [3.8, 4) is 0 Å². The number of hydrazine groups is 1. The van der Waals surface area contributed by atoms with Gasteiger partial charge in [0.2, 0.25) is 0 Å². The van der Waals surface area contributed by atoms with E-state index in [2.05, 4.69) is 10.5 Å². The molecule has 0 saturated heterocycles. The van der Waals surface area contributed by atoms with Crippen molar-refractivity contribution in [1.82, 2.24) is 15.2 Å². The highest BCUT2D eigenvalue weighted by atomic mass is 35.5. The highest BCUT2D eigenvalue weighted by molar-refractivity contribution is 6.31. The highest BCUT2D eigenvalue weighted by Crippen LogP contribution is 2.33. The number of nitrogen functional groups attached to an aromatic ring is 1. The fourth-order valence-electron chi connectivity index (χ4n) is 2.16. The van der Waals surface area contributed by atoms with Crippen LogP contribution in [0.3, 0.4) is 0 Å². The highest BCUT2D eigenvalue weighted by Gasteiger charge is 2.24. The number of halogens is 2. The van der Waals surface area contributed by atoms with Gasteiger partial charge in [-0.2, -0.15) is 5.10 Å². The Labute approximate surface area is 127 Å². The predicted molar refractivity (Wildman–Crippen MR) is 82.7 cm³/mol. The Morgan fingerprint density at radius 1 is 1.30 bits per heavy atom. The molecule has 1 atom stereocenters. The van der Waals surface area contributed by atoms with Crippen LogP contribution < -0.4 is 17.0 Å². The van der Waals surface area contributed by atoms with Gasteiger partial charge in [0.1, 0.15) is 0 Å². The summed E-state index contributed by atoms with van der Waals surface area (Å²) in [5.74, 6) is 5.70. The molecule has 1 aromatic heterocycles. The van der Waals surface area contributed by atoms with E-state index in [0.29, 0.717) is 15.7 Å². The van der Waals surface area contributed by atoms with Crippen molar-refractivity contribution in [2.24, 2.45) is 5.84 Å². The number of nitrogens with one attached hydrogen (secondary N) is 1. The van der Waals surface area contributed by atoms with Crippen molar-refractivity contribution in [3.05, 3.63) is 45.7 Å². The monoisotopic (exact) mass is 313 g/mol. The van der Waals surface area contributed by atoms with Crippen molar-refractivity contribution in [2.75, 3.05) is 5.73 Å². The van der Waals surface area contributed by atoms with Gasteiger partial charge in [0, 0.05) is 16.8 Å². The summed E-state index contributed by atoms with van der Waals surface area (Å²) >= 11 is 12.2. The molecule has 0 aliphatic carbocycles. The molecule has 108 valence electrons. The lowest BCUT2D eigenvalue weighted by Gasteiger charge is -2.22. The van der Waals surface area contributed by atoms with Crippen molar-refractivity contribution in [3.63, 3.8) is 0 Å². The van der Waals surface area contributed by atoms with E-state index in [4.69, 9.17) is 34.8 Å². The lowest BCUT2D eigenvalue weighted by molar-refractivity contribution is 0.477. The molecule has 2 rings (SSSR count). The third-order valence-electron chi connectivity index (χ3n) is 3.08. The van der Waals surface area contributed by atoms with Gasteiger partial charge in [-0.1, -0.05) is 29.3 Å². The molecule has 0 radical (unpaired) electrons. The van der Waals surface area contributed by atoms with E-state index >= 15 is 0 Å². The average molecular weight is 314 g/mol. The largest absolute Gasteiger partial charge is 0.398 e. The molecular weight excluding hydrogens is 297 g/mol. The Kier molecular flexibility index (Phi) is 4.55. The second-order valence-corrected chi connectivity index (χ2v) is 5.63. The van der Waals surface area contributed by atoms with Crippen molar-refractivity contribution < 1.29 is 0 Å². The van der Waals surface area contributed by atoms with Crippen LogP contribution in [0.1, 0.15) is 37.2 Å². The number of nitrogens with two attached hydrogens (primary N) is 2. The van der Waals surface area contributed by atoms with Crippen LogP contribution in [-0.2, 0) is 0 Å². The number of anilines is 1. The molecule has 0 bridgehead atoms. The smallest absolute Gasteiger partial charge is 0.0913 e. The van der Waals surface area contributed by atoms with E-state index in [9.17, 15) is 0 Å². The van der Waals surface area contributed by atoms with Gasteiger partial charge in [0.05, 0.1) is 23.0 Å². The number of nitrogens with zero attached hydrogens (tertiary/aromatic N) is 2. The van der Waals surface area contributed by atoms with E-state index in [0.717, 1.165) is 11.3 Å². The molecule has 2 aromatic rings. The summed E-state index contributed by atoms with van der Waals surface area (Å²) in [6, 6.07) is 5.08. The Morgan fingerprint density at radius 2 is 2.00 bits per heavy atom. The SMILES string of the molecule is CC(C)n1ncc(Cl)c1C(NN)c1ccc(Cl)cc1N. The summed E-state index contributed by atoms with van der Waals surface area (Å²) in [6.07, 6.45) is 1.60. The topological polar surface area (TPSA) is 81.9 Å². The number of aromatic nitrogens is 2. The zero-order chi connectivity index (χ0) is 14.9. The van der Waals surface area contributed by atoms with Crippen LogP contribution in [-0.4, -0.2) is 9.78 Å². The first kappa shape index (κ1) is 15.1. The minimum Gasteiger partial charge on any atom is -0.398 e. The van der Waals surface area contributed by atoms with Crippen LogP contribution >= 0.6 is 23.2 Å². The van der Waals surface area contributed by atoms with Gasteiger partial charge in [-0.15, -0.1) is 0 Å². The van der Waals surface area contributed by atoms with Crippen LogP contribution in [0.4, 0.5) is 5.69 Å². The van der Waals surface area contributed by atoms with E-state index in [1.807, 2.05) is 24.6 Å². The third kappa shape index (κ3) is 2.76. The molecule has 0 spiro atoms. The van der Waals surface area contributed by atoms with Gasteiger partial charge < -0.3 is 5.73 Å². The van der Waals surface area contributed by atoms with Gasteiger partial charge in [-0.25, -0.2) is 5.43 Å². The maximum Gasteiger partial charge on any atom is 0.0913 e. The van der Waals surface area contributed by atoms with E-state index in [1.165, 1.54) is 0 Å². The van der Waals surface area contributed by atoms with Crippen LogP contribution in [0.15, 0.2) is 24.4 Å². The first-order valence-electron chi connectivity index (χ1n) is 6.19. The fourth-order valence-corrected chi connectivity index (χ4v) is 2.58. The van der Waals surface area contributed by atoms with Crippen molar-refractivity contribution in [1.29, 1.82) is 0 Å². The molecule has 1 aromatic carbocycles. The molecule has 0 aliphatic heterocycles. The second-order valence-electron chi connectivity index (χ2n) is 4.79. The van der Waals surface area contributed by atoms with E-state index in [1.54, 1.807) is 18.3 Å².